The van der Waals surface area contributed by atoms with Crippen LogP contribution in [0.3, 0.4) is 0 Å². The molecular weight excluding hydrogens is 509 g/mol. The fraction of sp³-hybridized carbons (Fsp3) is 0.571. The summed E-state index contributed by atoms with van der Waals surface area (Å²) in [5.74, 6) is 1.89. The lowest BCUT2D eigenvalue weighted by Crippen LogP contribution is -2.36. The van der Waals surface area contributed by atoms with Gasteiger partial charge in [-0.1, -0.05) is 12.8 Å². The second-order valence-corrected chi connectivity index (χ2v) is 8.32. The lowest BCUT2D eigenvalue weighted by Gasteiger charge is -2.21. The fourth-order valence-corrected chi connectivity index (χ4v) is 4.06. The number of hydrogen-bond donors (Lipinski definition) is 2. The van der Waals surface area contributed by atoms with E-state index in [9.17, 15) is 0 Å². The van der Waals surface area contributed by atoms with Crippen molar-refractivity contribution in [1.82, 2.24) is 20.6 Å². The molecule has 0 bridgehead atoms. The summed E-state index contributed by atoms with van der Waals surface area (Å²) in [6.07, 6.45) is 7.07. The summed E-state index contributed by atoms with van der Waals surface area (Å²) in [6, 6.07) is 4.24. The number of aromatic nitrogens is 2. The first-order valence-corrected chi connectivity index (χ1v) is 11.4. The number of halogens is 1. The maximum Gasteiger partial charge on any atom is 0.191 e. The molecule has 0 atom stereocenters. The first kappa shape index (κ1) is 24.6. The molecule has 2 N–H and O–H groups in total. The molecule has 0 spiro atoms. The molecular formula is C21H34IN7S. The minimum atomic E-state index is 0. The van der Waals surface area contributed by atoms with Crippen LogP contribution in [0, 0.1) is 0 Å². The van der Waals surface area contributed by atoms with Crippen molar-refractivity contribution in [1.29, 1.82) is 0 Å². The molecule has 3 rings (SSSR count). The van der Waals surface area contributed by atoms with Gasteiger partial charge < -0.3 is 20.4 Å². The Morgan fingerprint density at radius 1 is 1.20 bits per heavy atom. The van der Waals surface area contributed by atoms with Crippen LogP contribution in [-0.2, 0) is 13.1 Å². The Labute approximate surface area is 201 Å². The van der Waals surface area contributed by atoms with E-state index in [-0.39, 0.29) is 24.0 Å². The average molecular weight is 544 g/mol. The molecule has 9 heteroatoms. The average Bonchev–Trinajstić information content (AvgIpc) is 3.04. The summed E-state index contributed by atoms with van der Waals surface area (Å²) < 4.78 is 0. The molecule has 0 aromatic carbocycles. The Morgan fingerprint density at radius 2 is 1.97 bits per heavy atom. The molecule has 0 aliphatic carbocycles. The van der Waals surface area contributed by atoms with E-state index in [1.807, 2.05) is 25.2 Å². The highest BCUT2D eigenvalue weighted by atomic mass is 127. The van der Waals surface area contributed by atoms with Gasteiger partial charge in [-0.2, -0.15) is 0 Å². The zero-order valence-corrected chi connectivity index (χ0v) is 21.4. The summed E-state index contributed by atoms with van der Waals surface area (Å²) in [5, 5.41) is 9.80. The van der Waals surface area contributed by atoms with Crippen LogP contribution in [0.4, 0.5) is 10.9 Å². The van der Waals surface area contributed by atoms with Crippen molar-refractivity contribution >= 4 is 52.2 Å². The molecule has 7 nitrogen and oxygen atoms in total. The first-order valence-electron chi connectivity index (χ1n) is 10.5. The Kier molecular flexibility index (Phi) is 10.6. The fourth-order valence-electron chi connectivity index (χ4n) is 3.30. The van der Waals surface area contributed by atoms with E-state index in [2.05, 4.69) is 49.9 Å². The summed E-state index contributed by atoms with van der Waals surface area (Å²) in [6.45, 7) is 6.39. The Morgan fingerprint density at radius 3 is 2.63 bits per heavy atom. The Bertz CT molecular complexity index is 785. The third kappa shape index (κ3) is 7.57. The third-order valence-electron chi connectivity index (χ3n) is 4.86. The van der Waals surface area contributed by atoms with E-state index >= 15 is 0 Å². The van der Waals surface area contributed by atoms with Crippen LogP contribution in [0.15, 0.2) is 28.7 Å². The van der Waals surface area contributed by atoms with Gasteiger partial charge in [-0.05, 0) is 37.5 Å². The number of nitrogens with one attached hydrogen (secondary N) is 2. The smallest absolute Gasteiger partial charge is 0.191 e. The van der Waals surface area contributed by atoms with Crippen molar-refractivity contribution in [2.24, 2.45) is 4.99 Å². The topological polar surface area (TPSA) is 68.7 Å². The minimum Gasteiger partial charge on any atom is -0.357 e. The Hall–Kier alpha value is -1.62. The van der Waals surface area contributed by atoms with Crippen molar-refractivity contribution in [2.45, 2.75) is 45.7 Å². The van der Waals surface area contributed by atoms with Gasteiger partial charge in [0.15, 0.2) is 11.1 Å². The molecule has 2 aromatic heterocycles. The number of rotatable bonds is 7. The van der Waals surface area contributed by atoms with E-state index in [1.54, 1.807) is 11.3 Å². The molecule has 1 aliphatic rings. The van der Waals surface area contributed by atoms with Crippen molar-refractivity contribution in [3.63, 3.8) is 0 Å². The molecule has 1 saturated heterocycles. The molecule has 30 heavy (non-hydrogen) atoms. The van der Waals surface area contributed by atoms with Crippen molar-refractivity contribution < 1.29 is 0 Å². The molecule has 3 heterocycles. The third-order valence-corrected chi connectivity index (χ3v) is 5.92. The molecule has 1 fully saturated rings. The van der Waals surface area contributed by atoms with Gasteiger partial charge >= 0.3 is 0 Å². The summed E-state index contributed by atoms with van der Waals surface area (Å²) in [5.41, 5.74) is 2.21. The van der Waals surface area contributed by atoms with E-state index in [4.69, 9.17) is 4.99 Å². The number of hydrogen-bond acceptors (Lipinski definition) is 6. The van der Waals surface area contributed by atoms with E-state index in [0.717, 1.165) is 42.2 Å². The van der Waals surface area contributed by atoms with Gasteiger partial charge in [0.25, 0.3) is 0 Å². The van der Waals surface area contributed by atoms with Crippen LogP contribution in [0.5, 0.6) is 0 Å². The van der Waals surface area contributed by atoms with Crippen molar-refractivity contribution in [2.75, 3.05) is 43.5 Å². The first-order chi connectivity index (χ1) is 14.2. The number of thiazole rings is 1. The van der Waals surface area contributed by atoms with Gasteiger partial charge in [-0.15, -0.1) is 35.3 Å². The summed E-state index contributed by atoms with van der Waals surface area (Å²) >= 11 is 1.65. The van der Waals surface area contributed by atoms with Crippen LogP contribution in [0.1, 0.15) is 43.9 Å². The molecule has 0 amide bonds. The molecule has 0 radical (unpaired) electrons. The van der Waals surface area contributed by atoms with Crippen LogP contribution in [0.2, 0.25) is 0 Å². The van der Waals surface area contributed by atoms with Gasteiger partial charge in [-0.3, -0.25) is 0 Å². The highest BCUT2D eigenvalue weighted by molar-refractivity contribution is 14.0. The molecule has 2 aromatic rings. The standard InChI is InChI=1S/C21H33N7S.HI/c1-4-22-20(25-15-18-16-29-21(26-18)27(2)3)24-14-17-9-10-23-19(13-17)28-11-7-5-6-8-12-28;/h9-10,13,16H,4-8,11-12,14-15H2,1-3H3,(H2,22,24,25);1H. The van der Waals surface area contributed by atoms with Crippen molar-refractivity contribution in [3.05, 3.63) is 35.0 Å². The largest absolute Gasteiger partial charge is 0.357 e. The predicted octanol–water partition coefficient (Wildman–Crippen LogP) is 3.86. The number of pyridine rings is 1. The monoisotopic (exact) mass is 543 g/mol. The van der Waals surface area contributed by atoms with Gasteiger partial charge in [-0.25, -0.2) is 15.0 Å². The van der Waals surface area contributed by atoms with Gasteiger partial charge in [0, 0.05) is 45.3 Å². The van der Waals surface area contributed by atoms with Crippen molar-refractivity contribution in [3.8, 4) is 0 Å². The van der Waals surface area contributed by atoms with Crippen LogP contribution < -0.4 is 20.4 Å². The molecule has 1 aliphatic heterocycles. The maximum absolute atomic E-state index is 4.76. The molecule has 166 valence electrons. The van der Waals surface area contributed by atoms with Gasteiger partial charge in [0.1, 0.15) is 5.82 Å². The van der Waals surface area contributed by atoms with Crippen LogP contribution in [-0.4, -0.2) is 49.7 Å². The van der Waals surface area contributed by atoms with Gasteiger partial charge in [0.2, 0.25) is 0 Å². The van der Waals surface area contributed by atoms with Gasteiger partial charge in [0.05, 0.1) is 18.8 Å². The predicted molar refractivity (Wildman–Crippen MR) is 138 cm³/mol. The van der Waals surface area contributed by atoms with E-state index in [1.165, 1.54) is 31.2 Å². The summed E-state index contributed by atoms with van der Waals surface area (Å²) in [7, 11) is 4.02. The van der Waals surface area contributed by atoms with Crippen LogP contribution >= 0.6 is 35.3 Å². The maximum atomic E-state index is 4.76. The lowest BCUT2D eigenvalue weighted by molar-refractivity contribution is 0.726. The highest BCUT2D eigenvalue weighted by Crippen LogP contribution is 2.19. The highest BCUT2D eigenvalue weighted by Gasteiger charge is 2.11. The zero-order valence-electron chi connectivity index (χ0n) is 18.2. The second kappa shape index (κ2) is 12.9. The zero-order chi connectivity index (χ0) is 20.5. The molecule has 0 saturated carbocycles. The van der Waals surface area contributed by atoms with Crippen LogP contribution in [0.25, 0.3) is 0 Å². The SMILES string of the molecule is CCNC(=NCc1ccnc(N2CCCCCC2)c1)NCc1csc(N(C)C)n1.I. The molecule has 0 unspecified atom stereocenters. The second-order valence-electron chi connectivity index (χ2n) is 7.49. The van der Waals surface area contributed by atoms with E-state index in [0.29, 0.717) is 13.1 Å². The number of guanidine groups is 1. The van der Waals surface area contributed by atoms with E-state index < -0.39 is 0 Å². The number of aliphatic imine (C=N–C) groups is 1. The number of anilines is 2. The lowest BCUT2D eigenvalue weighted by atomic mass is 10.2. The number of nitrogens with zero attached hydrogens (tertiary/aromatic N) is 5. The minimum absolute atomic E-state index is 0. The normalized spacial score (nSPS) is 14.6. The summed E-state index contributed by atoms with van der Waals surface area (Å²) in [4.78, 5) is 18.4. The Balaban J connectivity index is 0.00000320. The quantitative estimate of drug-likeness (QED) is 0.314.